The molecule has 1 aromatic rings. The van der Waals surface area contributed by atoms with Crippen molar-refractivity contribution in [3.8, 4) is 0 Å². The zero-order valence-electron chi connectivity index (χ0n) is 13.7. The third-order valence-electron chi connectivity index (χ3n) is 4.88. The molecule has 1 saturated carbocycles. The maximum Gasteiger partial charge on any atom is 0.243 e. The highest BCUT2D eigenvalue weighted by atomic mass is 32.2. The summed E-state index contributed by atoms with van der Waals surface area (Å²) < 4.78 is 26.8. The summed E-state index contributed by atoms with van der Waals surface area (Å²) in [6, 6.07) is 8.40. The van der Waals surface area contributed by atoms with Crippen LogP contribution in [-0.2, 0) is 14.8 Å². The van der Waals surface area contributed by atoms with Gasteiger partial charge in [0.1, 0.15) is 0 Å². The van der Waals surface area contributed by atoms with Crippen LogP contribution in [0.25, 0.3) is 0 Å². The molecule has 6 nitrogen and oxygen atoms in total. The monoisotopic (exact) mass is 351 g/mol. The normalized spacial score (nSPS) is 23.6. The van der Waals surface area contributed by atoms with Crippen molar-refractivity contribution < 1.29 is 13.2 Å². The minimum Gasteiger partial charge on any atom is -0.354 e. The predicted octanol–water partition coefficient (Wildman–Crippen LogP) is 0.941. The number of nitrogens with zero attached hydrogens (tertiary/aromatic N) is 1. The third-order valence-corrected chi connectivity index (χ3v) is 6.75. The minimum absolute atomic E-state index is 0.0155. The van der Waals surface area contributed by atoms with Gasteiger partial charge in [-0.05, 0) is 43.7 Å². The van der Waals surface area contributed by atoms with Gasteiger partial charge in [0.15, 0.2) is 0 Å². The lowest BCUT2D eigenvalue weighted by atomic mass is 9.98. The fourth-order valence-electron chi connectivity index (χ4n) is 3.17. The Bertz CT molecular complexity index is 674. The van der Waals surface area contributed by atoms with Crippen molar-refractivity contribution in [1.82, 2.24) is 9.62 Å². The molecule has 1 aliphatic heterocycles. The van der Waals surface area contributed by atoms with E-state index in [1.54, 1.807) is 30.3 Å². The Hall–Kier alpha value is -1.44. The Morgan fingerprint density at radius 3 is 2.62 bits per heavy atom. The van der Waals surface area contributed by atoms with Gasteiger partial charge in [-0.2, -0.15) is 4.31 Å². The Balaban J connectivity index is 1.60. The van der Waals surface area contributed by atoms with E-state index in [0.717, 1.165) is 12.8 Å². The first-order chi connectivity index (χ1) is 11.5. The second-order valence-electron chi connectivity index (χ2n) is 6.76. The molecule has 7 heteroatoms. The van der Waals surface area contributed by atoms with Crippen molar-refractivity contribution in [2.24, 2.45) is 17.6 Å². The molecule has 1 aliphatic carbocycles. The van der Waals surface area contributed by atoms with Crippen molar-refractivity contribution >= 4 is 15.9 Å². The topological polar surface area (TPSA) is 92.5 Å². The molecule has 1 amide bonds. The van der Waals surface area contributed by atoms with Crippen molar-refractivity contribution in [3.63, 3.8) is 0 Å². The first-order valence-corrected chi connectivity index (χ1v) is 10.0. The third kappa shape index (κ3) is 3.96. The number of amides is 1. The summed E-state index contributed by atoms with van der Waals surface area (Å²) in [4.78, 5) is 12.6. The highest BCUT2D eigenvalue weighted by Crippen LogP contribution is 2.31. The van der Waals surface area contributed by atoms with Crippen molar-refractivity contribution in [3.05, 3.63) is 30.3 Å². The second-order valence-corrected chi connectivity index (χ2v) is 8.70. The van der Waals surface area contributed by atoms with Gasteiger partial charge in [-0.1, -0.05) is 18.2 Å². The second kappa shape index (κ2) is 7.21. The van der Waals surface area contributed by atoms with Crippen LogP contribution in [0.15, 0.2) is 35.2 Å². The minimum atomic E-state index is -3.53. The molecule has 1 aromatic carbocycles. The largest absolute Gasteiger partial charge is 0.354 e. The lowest BCUT2D eigenvalue weighted by molar-refractivity contribution is -0.126. The van der Waals surface area contributed by atoms with Gasteiger partial charge in [-0.3, -0.25) is 4.79 Å². The van der Waals surface area contributed by atoms with Crippen molar-refractivity contribution in [1.29, 1.82) is 0 Å². The molecular weight excluding hydrogens is 326 g/mol. The predicted molar refractivity (Wildman–Crippen MR) is 91.6 cm³/mol. The molecule has 132 valence electrons. The van der Waals surface area contributed by atoms with Gasteiger partial charge in [-0.25, -0.2) is 8.42 Å². The molecule has 3 rings (SSSR count). The lowest BCUT2D eigenvalue weighted by Crippen LogP contribution is -2.47. The Morgan fingerprint density at radius 1 is 1.25 bits per heavy atom. The number of carbonyl (C=O) groups is 1. The van der Waals surface area contributed by atoms with Crippen LogP contribution < -0.4 is 11.1 Å². The molecule has 2 fully saturated rings. The molecule has 2 aliphatic rings. The van der Waals surface area contributed by atoms with Crippen LogP contribution in [-0.4, -0.2) is 44.3 Å². The van der Waals surface area contributed by atoms with E-state index in [2.05, 4.69) is 5.32 Å². The first kappa shape index (κ1) is 17.4. The quantitative estimate of drug-likeness (QED) is 0.798. The number of benzene rings is 1. The van der Waals surface area contributed by atoms with E-state index in [4.69, 9.17) is 5.73 Å². The SMILES string of the molecule is NC(CNC(=O)C1CCCN(S(=O)(=O)c2ccccc2)C1)C1CC1. The number of hydrogen-bond donors (Lipinski definition) is 2. The zero-order valence-corrected chi connectivity index (χ0v) is 14.5. The van der Waals surface area contributed by atoms with Gasteiger partial charge in [0.25, 0.3) is 0 Å². The maximum absolute atomic E-state index is 12.7. The number of nitrogens with one attached hydrogen (secondary N) is 1. The molecule has 2 unspecified atom stereocenters. The Labute approximate surface area is 143 Å². The average molecular weight is 351 g/mol. The van der Waals surface area contributed by atoms with Gasteiger partial charge < -0.3 is 11.1 Å². The summed E-state index contributed by atoms with van der Waals surface area (Å²) >= 11 is 0. The molecule has 0 spiro atoms. The molecule has 0 aromatic heterocycles. The number of nitrogens with two attached hydrogens (primary N) is 1. The Morgan fingerprint density at radius 2 is 1.96 bits per heavy atom. The smallest absolute Gasteiger partial charge is 0.243 e. The van der Waals surface area contributed by atoms with E-state index in [0.29, 0.717) is 31.8 Å². The summed E-state index contributed by atoms with van der Waals surface area (Å²) in [6.07, 6.45) is 3.69. The fraction of sp³-hybridized carbons (Fsp3) is 0.588. The van der Waals surface area contributed by atoms with Gasteiger partial charge in [-0.15, -0.1) is 0 Å². The van der Waals surface area contributed by atoms with Crippen LogP contribution in [0.4, 0.5) is 0 Å². The molecule has 3 N–H and O–H groups in total. The maximum atomic E-state index is 12.7. The van der Waals surface area contributed by atoms with Gasteiger partial charge >= 0.3 is 0 Å². The average Bonchev–Trinajstić information content (AvgIpc) is 3.45. The van der Waals surface area contributed by atoms with Crippen LogP contribution in [0.2, 0.25) is 0 Å². The van der Waals surface area contributed by atoms with E-state index >= 15 is 0 Å². The lowest BCUT2D eigenvalue weighted by Gasteiger charge is -2.31. The summed E-state index contributed by atoms with van der Waals surface area (Å²) in [6.45, 7) is 1.18. The zero-order chi connectivity index (χ0) is 17.2. The van der Waals surface area contributed by atoms with Crippen LogP contribution in [0.1, 0.15) is 25.7 Å². The number of piperidine rings is 1. The van der Waals surface area contributed by atoms with Crippen LogP contribution in [0.5, 0.6) is 0 Å². The van der Waals surface area contributed by atoms with Gasteiger partial charge in [0, 0.05) is 25.7 Å². The van der Waals surface area contributed by atoms with Crippen LogP contribution in [0, 0.1) is 11.8 Å². The molecule has 0 bridgehead atoms. The van der Waals surface area contributed by atoms with E-state index in [1.165, 1.54) is 4.31 Å². The summed E-state index contributed by atoms with van der Waals surface area (Å²) in [7, 11) is -3.53. The molecule has 1 saturated heterocycles. The van der Waals surface area contributed by atoms with Crippen LogP contribution in [0.3, 0.4) is 0 Å². The van der Waals surface area contributed by atoms with E-state index < -0.39 is 10.0 Å². The van der Waals surface area contributed by atoms with E-state index in [1.807, 2.05) is 0 Å². The first-order valence-electron chi connectivity index (χ1n) is 8.57. The van der Waals surface area contributed by atoms with Crippen LogP contribution >= 0.6 is 0 Å². The number of carbonyl (C=O) groups excluding carboxylic acids is 1. The summed E-state index contributed by atoms with van der Waals surface area (Å²) in [5, 5.41) is 2.90. The standard InChI is InChI=1S/C17H25N3O3S/c18-16(13-8-9-13)11-19-17(21)14-5-4-10-20(12-14)24(22,23)15-6-2-1-3-7-15/h1-3,6-7,13-14,16H,4-5,8-12,18H2,(H,19,21). The highest BCUT2D eigenvalue weighted by Gasteiger charge is 2.34. The molecule has 2 atom stereocenters. The van der Waals surface area contributed by atoms with Gasteiger partial charge in [0.05, 0.1) is 10.8 Å². The number of hydrogen-bond acceptors (Lipinski definition) is 4. The molecule has 1 heterocycles. The van der Waals surface area contributed by atoms with Crippen molar-refractivity contribution in [2.75, 3.05) is 19.6 Å². The highest BCUT2D eigenvalue weighted by molar-refractivity contribution is 7.89. The molecule has 24 heavy (non-hydrogen) atoms. The fourth-order valence-corrected chi connectivity index (χ4v) is 4.71. The van der Waals surface area contributed by atoms with Gasteiger partial charge in [0.2, 0.25) is 15.9 Å². The van der Waals surface area contributed by atoms with E-state index in [-0.39, 0.29) is 29.3 Å². The molecular formula is C17H25N3O3S. The van der Waals surface area contributed by atoms with Crippen molar-refractivity contribution in [2.45, 2.75) is 36.6 Å². The number of sulfonamides is 1. The number of rotatable bonds is 6. The molecule has 0 radical (unpaired) electrons. The summed E-state index contributed by atoms with van der Waals surface area (Å²) in [5.74, 6) is 0.148. The summed E-state index contributed by atoms with van der Waals surface area (Å²) in [5.41, 5.74) is 6.01. The van der Waals surface area contributed by atoms with E-state index in [9.17, 15) is 13.2 Å². The Kier molecular flexibility index (Phi) is 5.22.